The predicted molar refractivity (Wildman–Crippen MR) is 144 cm³/mol. The van der Waals surface area contributed by atoms with Crippen LogP contribution in [0, 0.1) is 0 Å². The molecule has 36 heavy (non-hydrogen) atoms. The molecule has 0 spiro atoms. The molecule has 8 nitrogen and oxygen atoms in total. The molecule has 1 N–H and O–H groups in total. The van der Waals surface area contributed by atoms with E-state index in [-0.39, 0.29) is 11.9 Å². The first-order valence-corrected chi connectivity index (χ1v) is 12.8. The van der Waals surface area contributed by atoms with Crippen molar-refractivity contribution in [1.29, 1.82) is 0 Å². The van der Waals surface area contributed by atoms with Crippen molar-refractivity contribution in [2.24, 2.45) is 0 Å². The van der Waals surface area contributed by atoms with Crippen molar-refractivity contribution in [3.63, 3.8) is 0 Å². The molecule has 5 rings (SSSR count). The van der Waals surface area contributed by atoms with Crippen LogP contribution in [-0.2, 0) is 0 Å². The number of hydrogen-bond donors (Lipinski definition) is 1. The number of halogens is 1. The first-order valence-electron chi connectivity index (χ1n) is 12.4. The molecule has 0 aliphatic carbocycles. The molecule has 1 unspecified atom stereocenters. The molecular weight excluding hydrogens is 474 g/mol. The third-order valence-electron chi connectivity index (χ3n) is 6.55. The second kappa shape index (κ2) is 10.5. The van der Waals surface area contributed by atoms with Gasteiger partial charge in [-0.2, -0.15) is 5.10 Å². The topological polar surface area (TPSA) is 79.2 Å². The molecule has 9 heteroatoms. The molecule has 4 aromatic rings. The van der Waals surface area contributed by atoms with E-state index >= 15 is 0 Å². The summed E-state index contributed by atoms with van der Waals surface area (Å²) in [6.07, 6.45) is 3.94. The fourth-order valence-electron chi connectivity index (χ4n) is 4.55. The molecule has 1 aliphatic rings. The molecule has 0 radical (unpaired) electrons. The fourth-order valence-corrected chi connectivity index (χ4v) is 4.67. The van der Waals surface area contributed by atoms with E-state index in [9.17, 15) is 4.79 Å². The van der Waals surface area contributed by atoms with Crippen LogP contribution in [0.5, 0.6) is 0 Å². The number of carbonyl (C=O) groups is 1. The highest BCUT2D eigenvalue weighted by Gasteiger charge is 2.26. The van der Waals surface area contributed by atoms with Crippen LogP contribution in [0.15, 0.2) is 60.8 Å². The third kappa shape index (κ3) is 4.99. The maximum Gasteiger partial charge on any atom is 0.321 e. The van der Waals surface area contributed by atoms with E-state index in [0.717, 1.165) is 46.9 Å². The summed E-state index contributed by atoms with van der Waals surface area (Å²) in [4.78, 5) is 26.9. The molecule has 1 aliphatic heterocycles. The Morgan fingerprint density at radius 3 is 2.44 bits per heavy atom. The van der Waals surface area contributed by atoms with E-state index in [2.05, 4.69) is 29.2 Å². The fraction of sp³-hybridized carbons (Fsp3) is 0.333. The number of rotatable bonds is 6. The molecule has 1 atom stereocenters. The van der Waals surface area contributed by atoms with Gasteiger partial charge in [0.2, 0.25) is 0 Å². The number of aromatic nitrogens is 4. The third-order valence-corrected chi connectivity index (χ3v) is 6.80. The zero-order chi connectivity index (χ0) is 25.1. The molecule has 1 fully saturated rings. The summed E-state index contributed by atoms with van der Waals surface area (Å²) in [5.41, 5.74) is 2.51. The van der Waals surface area contributed by atoms with Gasteiger partial charge in [0.15, 0.2) is 5.65 Å². The SMILES string of the molecule is CCCC(C)c1nc(N2CCN(C(=O)Nc3ccc(Cl)cc3)CC2)c2cnn(-c3ccccc3)c2n1. The number of anilines is 2. The Balaban J connectivity index is 1.39. The highest BCUT2D eigenvalue weighted by atomic mass is 35.5. The van der Waals surface area contributed by atoms with Crippen molar-refractivity contribution >= 4 is 40.2 Å². The van der Waals surface area contributed by atoms with Crippen LogP contribution in [0.25, 0.3) is 16.7 Å². The number of carbonyl (C=O) groups excluding carboxylic acids is 1. The number of urea groups is 1. The average Bonchev–Trinajstić information content (AvgIpc) is 3.34. The van der Waals surface area contributed by atoms with Crippen LogP contribution in [0.4, 0.5) is 16.3 Å². The molecule has 2 amide bonds. The molecular formula is C27H30ClN7O. The minimum absolute atomic E-state index is 0.112. The van der Waals surface area contributed by atoms with Crippen molar-refractivity contribution in [2.75, 3.05) is 36.4 Å². The Kier molecular flexibility index (Phi) is 7.04. The molecule has 186 valence electrons. The lowest BCUT2D eigenvalue weighted by molar-refractivity contribution is 0.208. The second-order valence-corrected chi connectivity index (χ2v) is 9.57. The predicted octanol–water partition coefficient (Wildman–Crippen LogP) is 5.73. The van der Waals surface area contributed by atoms with Gasteiger partial charge in [0.05, 0.1) is 17.3 Å². The zero-order valence-electron chi connectivity index (χ0n) is 20.6. The van der Waals surface area contributed by atoms with E-state index in [4.69, 9.17) is 21.6 Å². The van der Waals surface area contributed by atoms with Gasteiger partial charge < -0.3 is 15.1 Å². The molecule has 2 aromatic heterocycles. The number of nitrogens with zero attached hydrogens (tertiary/aromatic N) is 6. The van der Waals surface area contributed by atoms with E-state index in [1.165, 1.54) is 0 Å². The van der Waals surface area contributed by atoms with Crippen molar-refractivity contribution < 1.29 is 4.79 Å². The lowest BCUT2D eigenvalue weighted by Gasteiger charge is -2.35. The quantitative estimate of drug-likeness (QED) is 0.363. The molecule has 1 saturated heterocycles. The Bertz CT molecular complexity index is 1330. The molecule has 3 heterocycles. The summed E-state index contributed by atoms with van der Waals surface area (Å²) >= 11 is 5.95. The van der Waals surface area contributed by atoms with Gasteiger partial charge in [-0.15, -0.1) is 0 Å². The second-order valence-electron chi connectivity index (χ2n) is 9.14. The van der Waals surface area contributed by atoms with Crippen molar-refractivity contribution in [2.45, 2.75) is 32.6 Å². The number of para-hydroxylation sites is 1. The minimum atomic E-state index is -0.112. The van der Waals surface area contributed by atoms with Crippen LogP contribution < -0.4 is 10.2 Å². The Morgan fingerprint density at radius 1 is 1.03 bits per heavy atom. The summed E-state index contributed by atoms with van der Waals surface area (Å²) in [6.45, 7) is 6.90. The number of piperazine rings is 1. The Morgan fingerprint density at radius 2 is 1.75 bits per heavy atom. The summed E-state index contributed by atoms with van der Waals surface area (Å²) < 4.78 is 1.89. The van der Waals surface area contributed by atoms with Gasteiger partial charge in [-0.05, 0) is 42.8 Å². The number of amides is 2. The number of benzene rings is 2. The number of fused-ring (bicyclic) bond motifs is 1. The van der Waals surface area contributed by atoms with Crippen LogP contribution in [0.3, 0.4) is 0 Å². The highest BCUT2D eigenvalue weighted by Crippen LogP contribution is 2.29. The van der Waals surface area contributed by atoms with Gasteiger partial charge in [0.1, 0.15) is 11.6 Å². The smallest absolute Gasteiger partial charge is 0.321 e. The molecule has 0 saturated carbocycles. The normalized spacial score (nSPS) is 14.8. The van der Waals surface area contributed by atoms with Crippen LogP contribution in [0.1, 0.15) is 38.4 Å². The van der Waals surface area contributed by atoms with Crippen LogP contribution >= 0.6 is 11.6 Å². The maximum atomic E-state index is 12.8. The summed E-state index contributed by atoms with van der Waals surface area (Å²) in [5, 5.41) is 9.18. The van der Waals surface area contributed by atoms with E-state index in [1.54, 1.807) is 24.3 Å². The van der Waals surface area contributed by atoms with E-state index in [0.29, 0.717) is 31.2 Å². The van der Waals surface area contributed by atoms with Gasteiger partial charge in [-0.25, -0.2) is 19.4 Å². The largest absolute Gasteiger partial charge is 0.352 e. The minimum Gasteiger partial charge on any atom is -0.352 e. The van der Waals surface area contributed by atoms with Crippen molar-refractivity contribution in [1.82, 2.24) is 24.6 Å². The van der Waals surface area contributed by atoms with Gasteiger partial charge in [-0.1, -0.05) is 50.1 Å². The number of hydrogen-bond acceptors (Lipinski definition) is 5. The van der Waals surface area contributed by atoms with Gasteiger partial charge >= 0.3 is 6.03 Å². The summed E-state index contributed by atoms with van der Waals surface area (Å²) in [7, 11) is 0. The van der Waals surface area contributed by atoms with Gasteiger partial charge in [-0.3, -0.25) is 0 Å². The molecule has 0 bridgehead atoms. The van der Waals surface area contributed by atoms with Crippen molar-refractivity contribution in [3.8, 4) is 5.69 Å². The monoisotopic (exact) mass is 503 g/mol. The number of nitrogens with one attached hydrogen (secondary N) is 1. The van der Waals surface area contributed by atoms with Crippen LogP contribution in [-0.4, -0.2) is 56.9 Å². The molecule has 2 aromatic carbocycles. The Labute approximate surface area is 215 Å². The van der Waals surface area contributed by atoms with Gasteiger partial charge in [0.25, 0.3) is 0 Å². The summed E-state index contributed by atoms with van der Waals surface area (Å²) in [5.74, 6) is 1.96. The first kappa shape index (κ1) is 24.1. The van der Waals surface area contributed by atoms with E-state index < -0.39 is 0 Å². The zero-order valence-corrected chi connectivity index (χ0v) is 21.3. The lowest BCUT2D eigenvalue weighted by atomic mass is 10.1. The van der Waals surface area contributed by atoms with Crippen molar-refractivity contribution in [3.05, 3.63) is 71.6 Å². The Hall–Kier alpha value is -3.65. The maximum absolute atomic E-state index is 12.8. The standard InChI is InChI=1S/C27H30ClN7O/c1-3-7-19(2)24-31-25(23-18-29-35(26(23)32-24)22-8-5-4-6-9-22)33-14-16-34(17-15-33)27(36)30-21-12-10-20(28)11-13-21/h4-6,8-13,18-19H,3,7,14-17H2,1-2H3,(H,30,36). The van der Waals surface area contributed by atoms with Crippen LogP contribution in [0.2, 0.25) is 5.02 Å². The highest BCUT2D eigenvalue weighted by molar-refractivity contribution is 6.30. The lowest BCUT2D eigenvalue weighted by Crippen LogP contribution is -2.50. The average molecular weight is 504 g/mol. The van der Waals surface area contributed by atoms with E-state index in [1.807, 2.05) is 46.1 Å². The van der Waals surface area contributed by atoms with Gasteiger partial charge in [0, 0.05) is 42.8 Å². The summed E-state index contributed by atoms with van der Waals surface area (Å²) in [6, 6.07) is 17.1. The first-order chi connectivity index (χ1) is 17.5.